The first-order valence-electron chi connectivity index (χ1n) is 8.88. The maximum Gasteiger partial charge on any atom is 0.338 e. The Kier molecular flexibility index (Phi) is 5.78. The van der Waals surface area contributed by atoms with Crippen molar-refractivity contribution in [1.82, 2.24) is 10.6 Å². The number of hydrogen-bond acceptors (Lipinski definition) is 5. The van der Waals surface area contributed by atoms with E-state index < -0.39 is 18.0 Å². The summed E-state index contributed by atoms with van der Waals surface area (Å²) in [6.45, 7) is 11.5. The molecule has 0 spiro atoms. The summed E-state index contributed by atoms with van der Waals surface area (Å²) >= 11 is 0. The number of hydrogen-bond donors (Lipinski definition) is 2. The van der Waals surface area contributed by atoms with Gasteiger partial charge in [-0.25, -0.2) is 9.59 Å². The molecule has 2 aliphatic rings. The molecular formula is C19H28N2O5. The molecule has 0 saturated heterocycles. The van der Waals surface area contributed by atoms with Gasteiger partial charge in [0.1, 0.15) is 6.61 Å². The van der Waals surface area contributed by atoms with E-state index in [9.17, 15) is 14.4 Å². The van der Waals surface area contributed by atoms with Crippen LogP contribution < -0.4 is 10.6 Å². The van der Waals surface area contributed by atoms with E-state index in [2.05, 4.69) is 16.7 Å². The largest absolute Gasteiger partial charge is 0.463 e. The summed E-state index contributed by atoms with van der Waals surface area (Å²) in [7, 11) is 0. The molecule has 0 unspecified atom stereocenters. The average Bonchev–Trinajstić information content (AvgIpc) is 3.04. The second-order valence-corrected chi connectivity index (χ2v) is 7.61. The van der Waals surface area contributed by atoms with Crippen LogP contribution in [0.4, 0.5) is 4.79 Å². The lowest BCUT2D eigenvalue weighted by atomic mass is 10.0. The highest BCUT2D eigenvalue weighted by atomic mass is 16.5. The summed E-state index contributed by atoms with van der Waals surface area (Å²) < 4.78 is 10.5. The second-order valence-electron chi connectivity index (χ2n) is 7.61. The Morgan fingerprint density at radius 1 is 1.23 bits per heavy atom. The predicted molar refractivity (Wildman–Crippen MR) is 95.9 cm³/mol. The van der Waals surface area contributed by atoms with Crippen LogP contribution >= 0.6 is 0 Å². The van der Waals surface area contributed by atoms with Crippen molar-refractivity contribution in [1.29, 1.82) is 0 Å². The lowest BCUT2D eigenvalue weighted by Crippen LogP contribution is -2.50. The average molecular weight is 364 g/mol. The number of carbonyl (C=O) groups excluding carboxylic acids is 3. The third-order valence-corrected chi connectivity index (χ3v) is 4.90. The number of allylic oxidation sites excluding steroid dienone is 2. The maximum atomic E-state index is 12.5. The second kappa shape index (κ2) is 7.51. The molecule has 26 heavy (non-hydrogen) atoms. The molecular weight excluding hydrogens is 336 g/mol. The Labute approximate surface area is 154 Å². The van der Waals surface area contributed by atoms with Crippen LogP contribution in [-0.2, 0) is 19.1 Å². The van der Waals surface area contributed by atoms with Crippen LogP contribution in [0.15, 0.2) is 22.9 Å². The third kappa shape index (κ3) is 4.08. The Bertz CT molecular complexity index is 673. The molecule has 0 aromatic heterocycles. The van der Waals surface area contributed by atoms with Gasteiger partial charge in [0.25, 0.3) is 0 Å². The SMILES string of the molecule is CCOC(=O)C1=C(COC(=O)[C@@H]2[C@@H](C=C(C)C)C2(C)C)NC(=O)N[C@@H]1C. The van der Waals surface area contributed by atoms with E-state index in [0.29, 0.717) is 0 Å². The number of carbonyl (C=O) groups is 3. The lowest BCUT2D eigenvalue weighted by Gasteiger charge is -2.26. The first-order valence-corrected chi connectivity index (χ1v) is 8.88. The molecule has 3 atom stereocenters. The monoisotopic (exact) mass is 364 g/mol. The summed E-state index contributed by atoms with van der Waals surface area (Å²) in [5.41, 5.74) is 1.54. The molecule has 7 nitrogen and oxygen atoms in total. The van der Waals surface area contributed by atoms with Gasteiger partial charge in [-0.05, 0) is 39.0 Å². The molecule has 1 heterocycles. The minimum atomic E-state index is -0.535. The molecule has 0 aromatic rings. The van der Waals surface area contributed by atoms with Crippen molar-refractivity contribution < 1.29 is 23.9 Å². The quantitative estimate of drug-likeness (QED) is 0.557. The van der Waals surface area contributed by atoms with Crippen LogP contribution in [0.1, 0.15) is 41.5 Å². The van der Waals surface area contributed by atoms with Crippen LogP contribution in [0.5, 0.6) is 0 Å². The van der Waals surface area contributed by atoms with E-state index in [0.717, 1.165) is 5.57 Å². The van der Waals surface area contributed by atoms with Gasteiger partial charge in [0, 0.05) is 0 Å². The van der Waals surface area contributed by atoms with Crippen molar-refractivity contribution in [3.8, 4) is 0 Å². The summed E-state index contributed by atoms with van der Waals surface area (Å²) in [6.07, 6.45) is 2.09. The molecule has 1 aliphatic carbocycles. The fraction of sp³-hybridized carbons (Fsp3) is 0.632. The van der Waals surface area contributed by atoms with Gasteiger partial charge in [-0.1, -0.05) is 25.5 Å². The van der Waals surface area contributed by atoms with Crippen LogP contribution in [0.25, 0.3) is 0 Å². The molecule has 2 rings (SSSR count). The van der Waals surface area contributed by atoms with Crippen LogP contribution in [0, 0.1) is 17.3 Å². The molecule has 1 saturated carbocycles. The first kappa shape index (κ1) is 20.0. The fourth-order valence-corrected chi connectivity index (χ4v) is 3.42. The Morgan fingerprint density at radius 3 is 2.46 bits per heavy atom. The van der Waals surface area contributed by atoms with Gasteiger partial charge in [0.05, 0.1) is 29.8 Å². The van der Waals surface area contributed by atoms with E-state index in [4.69, 9.17) is 9.47 Å². The summed E-state index contributed by atoms with van der Waals surface area (Å²) in [4.78, 5) is 36.4. The Hall–Kier alpha value is -2.31. The zero-order chi connectivity index (χ0) is 19.6. The van der Waals surface area contributed by atoms with E-state index in [1.807, 2.05) is 27.7 Å². The highest BCUT2D eigenvalue weighted by molar-refractivity contribution is 5.94. The first-order chi connectivity index (χ1) is 12.1. The van der Waals surface area contributed by atoms with Gasteiger partial charge >= 0.3 is 18.0 Å². The summed E-state index contributed by atoms with van der Waals surface area (Å²) in [6, 6.07) is -0.960. The fourth-order valence-electron chi connectivity index (χ4n) is 3.42. The van der Waals surface area contributed by atoms with Gasteiger partial charge in [0.2, 0.25) is 0 Å². The van der Waals surface area contributed by atoms with Crippen molar-refractivity contribution in [2.45, 2.75) is 47.6 Å². The standard InChI is InChI=1S/C19H28N2O5/c1-7-25-16(22)14-11(4)20-18(24)21-13(14)9-26-17(23)15-12(8-10(2)3)19(15,5)6/h8,11-12,15H,7,9H2,1-6H3,(H2,20,21,24)/t11-,12-,15+/m1/s1. The van der Waals surface area contributed by atoms with E-state index in [-0.39, 0.29) is 47.7 Å². The number of ether oxygens (including phenoxy) is 2. The predicted octanol–water partition coefficient (Wildman–Crippen LogP) is 2.29. The molecule has 7 heteroatoms. The summed E-state index contributed by atoms with van der Waals surface area (Å²) in [5.74, 6) is -0.944. The van der Waals surface area contributed by atoms with Crippen LogP contribution in [-0.4, -0.2) is 37.2 Å². The van der Waals surface area contributed by atoms with Crippen molar-refractivity contribution in [2.24, 2.45) is 17.3 Å². The smallest absolute Gasteiger partial charge is 0.338 e. The van der Waals surface area contributed by atoms with Crippen LogP contribution in [0.2, 0.25) is 0 Å². The molecule has 144 valence electrons. The van der Waals surface area contributed by atoms with Gasteiger partial charge in [-0.3, -0.25) is 4.79 Å². The molecule has 1 aliphatic heterocycles. The van der Waals surface area contributed by atoms with Gasteiger partial charge in [-0.15, -0.1) is 0 Å². The molecule has 0 bridgehead atoms. The van der Waals surface area contributed by atoms with E-state index >= 15 is 0 Å². The molecule has 0 radical (unpaired) electrons. The summed E-state index contributed by atoms with van der Waals surface area (Å²) in [5, 5.41) is 5.16. The highest BCUT2D eigenvalue weighted by Gasteiger charge is 2.61. The number of amides is 2. The van der Waals surface area contributed by atoms with Crippen molar-refractivity contribution in [3.63, 3.8) is 0 Å². The Morgan fingerprint density at radius 2 is 1.88 bits per heavy atom. The zero-order valence-electron chi connectivity index (χ0n) is 16.3. The Balaban J connectivity index is 2.11. The maximum absolute atomic E-state index is 12.5. The van der Waals surface area contributed by atoms with Gasteiger partial charge < -0.3 is 20.1 Å². The third-order valence-electron chi connectivity index (χ3n) is 4.90. The lowest BCUT2D eigenvalue weighted by molar-refractivity contribution is -0.146. The zero-order valence-corrected chi connectivity index (χ0v) is 16.3. The van der Waals surface area contributed by atoms with Crippen LogP contribution in [0.3, 0.4) is 0 Å². The van der Waals surface area contributed by atoms with Crippen molar-refractivity contribution >= 4 is 18.0 Å². The normalized spacial score (nSPS) is 26.4. The number of esters is 2. The number of nitrogens with one attached hydrogen (secondary N) is 2. The van der Waals surface area contributed by atoms with E-state index in [1.165, 1.54) is 0 Å². The number of rotatable bonds is 6. The molecule has 1 fully saturated rings. The molecule has 0 aromatic carbocycles. The molecule has 2 amide bonds. The minimum Gasteiger partial charge on any atom is -0.463 e. The topological polar surface area (TPSA) is 93.7 Å². The van der Waals surface area contributed by atoms with E-state index in [1.54, 1.807) is 13.8 Å². The van der Waals surface area contributed by atoms with Crippen molar-refractivity contribution in [3.05, 3.63) is 22.9 Å². The van der Waals surface area contributed by atoms with Crippen molar-refractivity contribution in [2.75, 3.05) is 13.2 Å². The van der Waals surface area contributed by atoms with Gasteiger partial charge in [0.15, 0.2) is 0 Å². The number of urea groups is 1. The highest BCUT2D eigenvalue weighted by Crippen LogP contribution is 2.59. The van der Waals surface area contributed by atoms with Gasteiger partial charge in [-0.2, -0.15) is 0 Å². The minimum absolute atomic E-state index is 0.139. The molecule has 2 N–H and O–H groups in total.